The van der Waals surface area contributed by atoms with Gasteiger partial charge in [-0.25, -0.2) is 4.79 Å². The van der Waals surface area contributed by atoms with Gasteiger partial charge in [0.1, 0.15) is 5.60 Å². The Hall–Kier alpha value is -0.810. The van der Waals surface area contributed by atoms with Crippen molar-refractivity contribution in [3.63, 3.8) is 0 Å². The van der Waals surface area contributed by atoms with E-state index >= 15 is 0 Å². The SMILES string of the molecule is CC(C)(C)OC(=O)NCCC[C@H]1CCCC[C@H]1COCCO. The van der Waals surface area contributed by atoms with Gasteiger partial charge in [-0.15, -0.1) is 0 Å². The standard InChI is InChI=1S/C17H33NO4/c1-17(2,3)22-16(20)18-10-6-9-14-7-4-5-8-15(14)13-21-12-11-19/h14-15,19H,4-13H2,1-3H3,(H,18,20)/t14-,15+/m1/s1. The highest BCUT2D eigenvalue weighted by Gasteiger charge is 2.25. The fraction of sp³-hybridized carbons (Fsp3) is 0.941. The molecule has 0 aromatic rings. The summed E-state index contributed by atoms with van der Waals surface area (Å²) < 4.78 is 10.7. The summed E-state index contributed by atoms with van der Waals surface area (Å²) in [5.74, 6) is 1.27. The molecule has 1 saturated carbocycles. The van der Waals surface area contributed by atoms with Crippen molar-refractivity contribution < 1.29 is 19.4 Å². The van der Waals surface area contributed by atoms with Gasteiger partial charge in [0.05, 0.1) is 13.2 Å². The number of aliphatic hydroxyl groups excluding tert-OH is 1. The summed E-state index contributed by atoms with van der Waals surface area (Å²) >= 11 is 0. The molecule has 2 N–H and O–H groups in total. The van der Waals surface area contributed by atoms with Crippen LogP contribution in [0.15, 0.2) is 0 Å². The number of ether oxygens (including phenoxy) is 2. The molecule has 0 radical (unpaired) electrons. The Morgan fingerprint density at radius 2 is 1.91 bits per heavy atom. The van der Waals surface area contributed by atoms with Gasteiger partial charge in [0, 0.05) is 13.2 Å². The van der Waals surface area contributed by atoms with Crippen LogP contribution in [0.4, 0.5) is 4.79 Å². The largest absolute Gasteiger partial charge is 0.444 e. The monoisotopic (exact) mass is 315 g/mol. The van der Waals surface area contributed by atoms with Gasteiger partial charge in [0.25, 0.3) is 0 Å². The Balaban J connectivity index is 2.19. The third-order valence-electron chi connectivity index (χ3n) is 4.05. The van der Waals surface area contributed by atoms with Crippen LogP contribution in [0, 0.1) is 11.8 Å². The number of carbonyl (C=O) groups excluding carboxylic acids is 1. The Labute approximate surface area is 134 Å². The number of nitrogens with one attached hydrogen (secondary N) is 1. The lowest BCUT2D eigenvalue weighted by Gasteiger charge is -2.31. The number of hydrogen-bond donors (Lipinski definition) is 2. The lowest BCUT2D eigenvalue weighted by Crippen LogP contribution is -2.33. The number of hydrogen-bond acceptors (Lipinski definition) is 4. The second kappa shape index (κ2) is 10.1. The first-order chi connectivity index (χ1) is 10.4. The van der Waals surface area contributed by atoms with E-state index in [2.05, 4.69) is 5.32 Å². The summed E-state index contributed by atoms with van der Waals surface area (Å²) in [5.41, 5.74) is -0.442. The smallest absolute Gasteiger partial charge is 0.407 e. The van der Waals surface area contributed by atoms with Gasteiger partial charge in [0.15, 0.2) is 0 Å². The topological polar surface area (TPSA) is 67.8 Å². The van der Waals surface area contributed by atoms with Crippen LogP contribution >= 0.6 is 0 Å². The number of carbonyl (C=O) groups is 1. The first-order valence-electron chi connectivity index (χ1n) is 8.58. The molecule has 1 fully saturated rings. The summed E-state index contributed by atoms with van der Waals surface area (Å²) in [4.78, 5) is 11.6. The van der Waals surface area contributed by atoms with E-state index in [-0.39, 0.29) is 12.7 Å². The van der Waals surface area contributed by atoms with Crippen molar-refractivity contribution in [3.05, 3.63) is 0 Å². The maximum atomic E-state index is 11.6. The Bertz CT molecular complexity index is 314. The minimum absolute atomic E-state index is 0.0944. The Morgan fingerprint density at radius 1 is 1.23 bits per heavy atom. The van der Waals surface area contributed by atoms with Crippen LogP contribution in [0.5, 0.6) is 0 Å². The molecule has 1 aliphatic carbocycles. The zero-order valence-electron chi connectivity index (χ0n) is 14.4. The van der Waals surface area contributed by atoms with Crippen molar-refractivity contribution in [1.29, 1.82) is 0 Å². The highest BCUT2D eigenvalue weighted by molar-refractivity contribution is 5.67. The molecule has 0 saturated heterocycles. The first-order valence-corrected chi connectivity index (χ1v) is 8.58. The van der Waals surface area contributed by atoms with Crippen LogP contribution in [0.1, 0.15) is 59.3 Å². The molecule has 0 aliphatic heterocycles. The van der Waals surface area contributed by atoms with Gasteiger partial charge in [-0.05, 0) is 51.9 Å². The average molecular weight is 315 g/mol. The molecule has 22 heavy (non-hydrogen) atoms. The molecule has 0 unspecified atom stereocenters. The summed E-state index contributed by atoms with van der Waals surface area (Å²) in [7, 11) is 0. The zero-order valence-corrected chi connectivity index (χ0v) is 14.4. The fourth-order valence-corrected chi connectivity index (χ4v) is 3.05. The van der Waals surface area contributed by atoms with E-state index in [0.717, 1.165) is 19.4 Å². The van der Waals surface area contributed by atoms with E-state index in [1.54, 1.807) is 0 Å². The molecule has 0 aromatic carbocycles. The lowest BCUT2D eigenvalue weighted by molar-refractivity contribution is 0.0360. The molecule has 2 atom stereocenters. The molecular weight excluding hydrogens is 282 g/mol. The molecule has 130 valence electrons. The molecule has 5 heteroatoms. The lowest BCUT2D eigenvalue weighted by atomic mass is 9.77. The molecule has 1 rings (SSSR count). The summed E-state index contributed by atoms with van der Waals surface area (Å²) in [5, 5.41) is 11.6. The maximum Gasteiger partial charge on any atom is 0.407 e. The van der Waals surface area contributed by atoms with E-state index in [9.17, 15) is 4.79 Å². The number of rotatable bonds is 8. The van der Waals surface area contributed by atoms with E-state index in [1.165, 1.54) is 25.7 Å². The van der Waals surface area contributed by atoms with Gasteiger partial charge < -0.3 is 19.9 Å². The predicted molar refractivity (Wildman–Crippen MR) is 86.8 cm³/mol. The Morgan fingerprint density at radius 3 is 2.55 bits per heavy atom. The second-order valence-corrected chi connectivity index (χ2v) is 7.17. The minimum atomic E-state index is -0.442. The van der Waals surface area contributed by atoms with Crippen LogP contribution in [0.25, 0.3) is 0 Å². The summed E-state index contributed by atoms with van der Waals surface area (Å²) in [6.07, 6.45) is 6.79. The normalized spacial score (nSPS) is 22.4. The molecule has 0 aromatic heterocycles. The fourth-order valence-electron chi connectivity index (χ4n) is 3.05. The molecular formula is C17H33NO4. The van der Waals surface area contributed by atoms with Crippen LogP contribution in [-0.4, -0.2) is 43.2 Å². The van der Waals surface area contributed by atoms with E-state index < -0.39 is 5.60 Å². The number of amides is 1. The second-order valence-electron chi connectivity index (χ2n) is 7.17. The van der Waals surface area contributed by atoms with Crippen molar-refractivity contribution in [1.82, 2.24) is 5.32 Å². The van der Waals surface area contributed by atoms with Crippen molar-refractivity contribution in [2.24, 2.45) is 11.8 Å². The van der Waals surface area contributed by atoms with Crippen LogP contribution in [0.2, 0.25) is 0 Å². The Kier molecular flexibility index (Phi) is 8.79. The van der Waals surface area contributed by atoms with E-state index in [1.807, 2.05) is 20.8 Å². The third kappa shape index (κ3) is 8.59. The van der Waals surface area contributed by atoms with Crippen LogP contribution in [-0.2, 0) is 9.47 Å². The van der Waals surface area contributed by atoms with Gasteiger partial charge in [-0.2, -0.15) is 0 Å². The van der Waals surface area contributed by atoms with Crippen molar-refractivity contribution in [2.75, 3.05) is 26.4 Å². The minimum Gasteiger partial charge on any atom is -0.444 e. The van der Waals surface area contributed by atoms with Gasteiger partial charge in [-0.3, -0.25) is 0 Å². The van der Waals surface area contributed by atoms with E-state index in [0.29, 0.717) is 25.0 Å². The molecule has 0 bridgehead atoms. The first kappa shape index (κ1) is 19.2. The summed E-state index contributed by atoms with van der Waals surface area (Å²) in [6, 6.07) is 0. The zero-order chi connectivity index (χ0) is 16.4. The predicted octanol–water partition coefficient (Wildman–Crippen LogP) is 3.11. The molecule has 0 spiro atoms. The average Bonchev–Trinajstić information content (AvgIpc) is 2.43. The van der Waals surface area contributed by atoms with Gasteiger partial charge >= 0.3 is 6.09 Å². The molecule has 0 heterocycles. The number of aliphatic hydroxyl groups is 1. The van der Waals surface area contributed by atoms with Crippen LogP contribution < -0.4 is 5.32 Å². The quantitative estimate of drug-likeness (QED) is 0.675. The third-order valence-corrected chi connectivity index (χ3v) is 4.05. The molecule has 1 amide bonds. The molecule has 1 aliphatic rings. The maximum absolute atomic E-state index is 11.6. The molecule has 5 nitrogen and oxygen atoms in total. The van der Waals surface area contributed by atoms with Crippen molar-refractivity contribution in [3.8, 4) is 0 Å². The van der Waals surface area contributed by atoms with Crippen LogP contribution in [0.3, 0.4) is 0 Å². The number of alkyl carbamates (subject to hydrolysis) is 1. The van der Waals surface area contributed by atoms with Gasteiger partial charge in [0.2, 0.25) is 0 Å². The highest BCUT2D eigenvalue weighted by atomic mass is 16.6. The van der Waals surface area contributed by atoms with Crippen molar-refractivity contribution >= 4 is 6.09 Å². The van der Waals surface area contributed by atoms with Gasteiger partial charge in [-0.1, -0.05) is 19.3 Å². The van der Waals surface area contributed by atoms with E-state index in [4.69, 9.17) is 14.6 Å². The van der Waals surface area contributed by atoms with Crippen molar-refractivity contribution in [2.45, 2.75) is 64.9 Å². The summed E-state index contributed by atoms with van der Waals surface area (Å²) in [6.45, 7) is 7.55. The highest BCUT2D eigenvalue weighted by Crippen LogP contribution is 2.33.